The van der Waals surface area contributed by atoms with Crippen molar-refractivity contribution in [1.29, 1.82) is 0 Å². The van der Waals surface area contributed by atoms with Crippen LogP contribution in [0.15, 0.2) is 38.1 Å². The molecule has 0 atom stereocenters. The fourth-order valence-electron chi connectivity index (χ4n) is 1.26. The standard InChI is InChI=1S/C10H16N2O4S.C5H9NO/c1-5-8(13)11-10(3,4)7-17(15,16)12-9(14)6-2;1-4-6(3)5(2)7/h5-6H,1-2,7H2,3-4H3,(H,11,13)(H,12,14);4H,1H2,2-3H3. The first kappa shape index (κ1) is 23.8. The van der Waals surface area contributed by atoms with Gasteiger partial charge in [-0.3, -0.25) is 14.4 Å². The second-order valence-corrected chi connectivity index (χ2v) is 7.04. The Labute approximate surface area is 143 Å². The minimum absolute atomic E-state index is 0.00926. The van der Waals surface area contributed by atoms with E-state index in [-0.39, 0.29) is 5.91 Å². The molecule has 0 unspecified atom stereocenters. The van der Waals surface area contributed by atoms with Crippen molar-refractivity contribution in [2.45, 2.75) is 26.3 Å². The third kappa shape index (κ3) is 12.2. The maximum atomic E-state index is 11.5. The Morgan fingerprint density at radius 3 is 1.83 bits per heavy atom. The summed E-state index contributed by atoms with van der Waals surface area (Å²) >= 11 is 0. The van der Waals surface area contributed by atoms with Crippen LogP contribution in [0.2, 0.25) is 0 Å². The van der Waals surface area contributed by atoms with Gasteiger partial charge in [0.1, 0.15) is 0 Å². The van der Waals surface area contributed by atoms with Crippen LogP contribution in [0.25, 0.3) is 0 Å². The summed E-state index contributed by atoms with van der Waals surface area (Å²) in [7, 11) is -2.16. The van der Waals surface area contributed by atoms with Crippen LogP contribution in [0, 0.1) is 0 Å². The highest BCUT2D eigenvalue weighted by molar-refractivity contribution is 7.90. The van der Waals surface area contributed by atoms with Gasteiger partial charge in [-0.1, -0.05) is 19.7 Å². The van der Waals surface area contributed by atoms with Crippen LogP contribution in [-0.4, -0.2) is 49.4 Å². The second-order valence-electron chi connectivity index (χ2n) is 5.32. The molecule has 136 valence electrons. The number of amides is 3. The zero-order chi connectivity index (χ0) is 19.6. The van der Waals surface area contributed by atoms with Crippen LogP contribution >= 0.6 is 0 Å². The molecule has 2 N–H and O–H groups in total. The van der Waals surface area contributed by atoms with Gasteiger partial charge in [0, 0.05) is 14.0 Å². The summed E-state index contributed by atoms with van der Waals surface area (Å²) in [6.07, 6.45) is 3.37. The highest BCUT2D eigenvalue weighted by Crippen LogP contribution is 2.06. The van der Waals surface area contributed by atoms with Crippen LogP contribution in [0.3, 0.4) is 0 Å². The molecule has 0 aliphatic carbocycles. The maximum Gasteiger partial charge on any atom is 0.256 e. The van der Waals surface area contributed by atoms with Gasteiger partial charge in [0.05, 0.1) is 11.3 Å². The zero-order valence-electron chi connectivity index (χ0n) is 14.5. The minimum Gasteiger partial charge on any atom is -0.347 e. The van der Waals surface area contributed by atoms with Gasteiger partial charge in [-0.15, -0.1) is 0 Å². The first-order chi connectivity index (χ1) is 10.8. The molecule has 9 heteroatoms. The Bertz CT molecular complexity index is 609. The molecule has 8 nitrogen and oxygen atoms in total. The van der Waals surface area contributed by atoms with Gasteiger partial charge in [-0.2, -0.15) is 0 Å². The van der Waals surface area contributed by atoms with E-state index in [0.717, 1.165) is 12.2 Å². The SMILES string of the molecule is C=CC(=O)NC(C)(C)CS(=O)(=O)NC(=O)C=C.C=CN(C)C(C)=O. The topological polar surface area (TPSA) is 113 Å². The molecular weight excluding hydrogens is 334 g/mol. The third-order valence-corrected chi connectivity index (χ3v) is 4.02. The Morgan fingerprint density at radius 1 is 1.08 bits per heavy atom. The predicted molar refractivity (Wildman–Crippen MR) is 93.2 cm³/mol. The monoisotopic (exact) mass is 359 g/mol. The van der Waals surface area contributed by atoms with Crippen LogP contribution in [0.1, 0.15) is 20.8 Å². The number of sulfonamides is 1. The molecule has 0 heterocycles. The lowest BCUT2D eigenvalue weighted by atomic mass is 10.1. The Balaban J connectivity index is 0. The van der Waals surface area contributed by atoms with Gasteiger partial charge >= 0.3 is 0 Å². The van der Waals surface area contributed by atoms with Gasteiger partial charge in [0.15, 0.2) is 0 Å². The summed E-state index contributed by atoms with van der Waals surface area (Å²) in [5, 5.41) is 2.44. The molecule has 0 saturated heterocycles. The largest absolute Gasteiger partial charge is 0.347 e. The normalized spacial score (nSPS) is 10.3. The zero-order valence-corrected chi connectivity index (χ0v) is 15.3. The summed E-state index contributed by atoms with van der Waals surface area (Å²) < 4.78 is 24.8. The number of nitrogens with one attached hydrogen (secondary N) is 2. The summed E-state index contributed by atoms with van der Waals surface area (Å²) in [6, 6.07) is 0. The van der Waals surface area contributed by atoms with Gasteiger partial charge in [0.25, 0.3) is 5.91 Å². The quantitative estimate of drug-likeness (QED) is 0.635. The van der Waals surface area contributed by atoms with Crippen LogP contribution in [0.4, 0.5) is 0 Å². The van der Waals surface area contributed by atoms with Crippen molar-refractivity contribution in [3.05, 3.63) is 38.1 Å². The van der Waals surface area contributed by atoms with Gasteiger partial charge in [-0.25, -0.2) is 13.1 Å². The van der Waals surface area contributed by atoms with Crippen molar-refractivity contribution in [3.8, 4) is 0 Å². The van der Waals surface area contributed by atoms with E-state index in [4.69, 9.17) is 0 Å². The van der Waals surface area contributed by atoms with E-state index >= 15 is 0 Å². The smallest absolute Gasteiger partial charge is 0.256 e. The van der Waals surface area contributed by atoms with E-state index in [2.05, 4.69) is 25.1 Å². The molecule has 0 fully saturated rings. The summed E-state index contributed by atoms with van der Waals surface area (Å²) in [4.78, 5) is 33.6. The Hall–Kier alpha value is -2.42. The van der Waals surface area contributed by atoms with Crippen molar-refractivity contribution < 1.29 is 22.8 Å². The van der Waals surface area contributed by atoms with E-state index in [9.17, 15) is 22.8 Å². The Morgan fingerprint density at radius 2 is 1.54 bits per heavy atom. The number of nitrogens with zero attached hydrogens (tertiary/aromatic N) is 1. The number of carbonyl (C=O) groups is 3. The molecular formula is C15H25N3O5S. The Kier molecular flexibility index (Phi) is 10.3. The second kappa shape index (κ2) is 10.4. The van der Waals surface area contributed by atoms with Gasteiger partial charge in [0.2, 0.25) is 21.8 Å². The molecule has 0 bridgehead atoms. The number of hydrogen-bond acceptors (Lipinski definition) is 5. The third-order valence-electron chi connectivity index (χ3n) is 2.41. The van der Waals surface area contributed by atoms with E-state index in [1.54, 1.807) is 11.8 Å². The molecule has 0 aliphatic heterocycles. The number of carbonyl (C=O) groups excluding carboxylic acids is 3. The number of rotatable bonds is 7. The van der Waals surface area contributed by atoms with Crippen molar-refractivity contribution >= 4 is 27.7 Å². The molecule has 0 saturated carbocycles. The lowest BCUT2D eigenvalue weighted by Crippen LogP contribution is -2.50. The van der Waals surface area contributed by atoms with Gasteiger partial charge < -0.3 is 10.2 Å². The molecule has 24 heavy (non-hydrogen) atoms. The van der Waals surface area contributed by atoms with Crippen molar-refractivity contribution in [3.63, 3.8) is 0 Å². The van der Waals surface area contributed by atoms with Crippen molar-refractivity contribution in [2.24, 2.45) is 0 Å². The van der Waals surface area contributed by atoms with Crippen molar-refractivity contribution in [1.82, 2.24) is 14.9 Å². The molecule has 3 amide bonds. The van der Waals surface area contributed by atoms with Crippen LogP contribution in [-0.2, 0) is 24.4 Å². The highest BCUT2D eigenvalue weighted by Gasteiger charge is 2.27. The molecule has 0 aromatic carbocycles. The van der Waals surface area contributed by atoms with E-state index in [1.807, 2.05) is 0 Å². The van der Waals surface area contributed by atoms with Crippen LogP contribution in [0.5, 0.6) is 0 Å². The first-order valence-electron chi connectivity index (χ1n) is 6.77. The number of hydrogen-bond donors (Lipinski definition) is 2. The predicted octanol–water partition coefficient (Wildman–Crippen LogP) is 0.307. The lowest BCUT2D eigenvalue weighted by molar-refractivity contribution is -0.125. The lowest BCUT2D eigenvalue weighted by Gasteiger charge is -2.25. The molecule has 0 rings (SSSR count). The minimum atomic E-state index is -3.82. The van der Waals surface area contributed by atoms with E-state index in [0.29, 0.717) is 0 Å². The molecule has 0 spiro atoms. The fraction of sp³-hybridized carbons (Fsp3) is 0.400. The average molecular weight is 359 g/mol. The molecule has 0 radical (unpaired) electrons. The van der Waals surface area contributed by atoms with Crippen LogP contribution < -0.4 is 10.0 Å². The molecule has 0 aliphatic rings. The van der Waals surface area contributed by atoms with Crippen molar-refractivity contribution in [2.75, 3.05) is 12.8 Å². The van der Waals surface area contributed by atoms with E-state index in [1.165, 1.54) is 31.9 Å². The van der Waals surface area contributed by atoms with Gasteiger partial charge in [-0.05, 0) is 32.2 Å². The average Bonchev–Trinajstić information content (AvgIpc) is 2.44. The first-order valence-corrected chi connectivity index (χ1v) is 8.43. The summed E-state index contributed by atoms with van der Waals surface area (Å²) in [5.41, 5.74) is -1.02. The summed E-state index contributed by atoms with van der Waals surface area (Å²) in [6.45, 7) is 14.3. The fourth-order valence-corrected chi connectivity index (χ4v) is 2.74. The highest BCUT2D eigenvalue weighted by atomic mass is 32.2. The summed E-state index contributed by atoms with van der Waals surface area (Å²) in [5.74, 6) is -1.72. The molecule has 0 aromatic rings. The van der Waals surface area contributed by atoms with E-state index < -0.39 is 33.1 Å². The molecule has 0 aromatic heterocycles. The maximum absolute atomic E-state index is 11.5.